The minimum atomic E-state index is -2.32. The Morgan fingerprint density at radius 3 is 1.92 bits per heavy atom. The van der Waals surface area contributed by atoms with Crippen molar-refractivity contribution in [2.75, 3.05) is 0 Å². The third-order valence-corrected chi connectivity index (χ3v) is 13.1. The lowest BCUT2D eigenvalue weighted by atomic mass is 10.2. The minimum Gasteiger partial charge on any atom is -0.518 e. The zero-order valence-electron chi connectivity index (χ0n) is 19.1. The van der Waals surface area contributed by atoms with E-state index in [0.29, 0.717) is 9.76 Å². The molecule has 5 heteroatoms. The first-order valence-electron chi connectivity index (χ1n) is 10.4. The highest BCUT2D eigenvalue weighted by molar-refractivity contribution is 6.80. The molecule has 1 unspecified atom stereocenters. The Balaban J connectivity index is 5.29. The summed E-state index contributed by atoms with van der Waals surface area (Å²) in [5.74, 6) is -0.115. The van der Waals surface area contributed by atoms with Crippen LogP contribution in [0.3, 0.4) is 0 Å². The first kappa shape index (κ1) is 25.9. The number of hydrogen-bond donors (Lipinski definition) is 0. The Labute approximate surface area is 167 Å². The quantitative estimate of drug-likeness (QED) is 0.284. The largest absolute Gasteiger partial charge is 0.518 e. The van der Waals surface area contributed by atoms with Gasteiger partial charge in [-0.1, -0.05) is 81.1 Å². The van der Waals surface area contributed by atoms with Crippen molar-refractivity contribution in [3.05, 3.63) is 0 Å². The zero-order chi connectivity index (χ0) is 20.6. The van der Waals surface area contributed by atoms with Gasteiger partial charge in [0.15, 0.2) is 0 Å². The second kappa shape index (κ2) is 11.0. The molecule has 3 nitrogen and oxygen atoms in total. The predicted molar refractivity (Wildman–Crippen MR) is 116 cm³/mol. The molecule has 0 aromatic heterocycles. The molecule has 0 saturated carbocycles. The molecule has 0 rings (SSSR count). The molecule has 0 spiro atoms. The summed E-state index contributed by atoms with van der Waals surface area (Å²) in [6.07, 6.45) is 5.10. The van der Waals surface area contributed by atoms with Gasteiger partial charge in [-0.3, -0.25) is 4.79 Å². The maximum absolute atomic E-state index is 13.0. The van der Waals surface area contributed by atoms with Gasteiger partial charge in [0.05, 0.1) is 5.92 Å². The van der Waals surface area contributed by atoms with Crippen LogP contribution < -0.4 is 0 Å². The highest BCUT2D eigenvalue weighted by Crippen LogP contribution is 2.54. The van der Waals surface area contributed by atoms with E-state index >= 15 is 0 Å². The van der Waals surface area contributed by atoms with Gasteiger partial charge in [-0.15, -0.1) is 0 Å². The van der Waals surface area contributed by atoms with E-state index in [4.69, 9.17) is 8.85 Å². The highest BCUT2D eigenvalue weighted by Gasteiger charge is 2.57. The third-order valence-electron chi connectivity index (χ3n) is 5.19. The number of rotatable bonds is 11. The number of unbranched alkanes of at least 4 members (excludes halogenated alkanes) is 3. The molecule has 26 heavy (non-hydrogen) atoms. The van der Waals surface area contributed by atoms with E-state index in [1.54, 1.807) is 0 Å². The molecular weight excluding hydrogens is 356 g/mol. The molecule has 2 radical (unpaired) electrons. The van der Waals surface area contributed by atoms with Crippen LogP contribution >= 0.6 is 0 Å². The first-order valence-corrected chi connectivity index (χ1v) is 13.6. The van der Waals surface area contributed by atoms with Crippen molar-refractivity contribution in [3.63, 3.8) is 0 Å². The average Bonchev–Trinajstić information content (AvgIpc) is 2.47. The molecule has 0 aliphatic carbocycles. The molecule has 0 aromatic rings. The summed E-state index contributed by atoms with van der Waals surface area (Å²) in [4.78, 5) is 13.0. The van der Waals surface area contributed by atoms with E-state index in [1.165, 1.54) is 19.3 Å². The molecule has 0 heterocycles. The van der Waals surface area contributed by atoms with Gasteiger partial charge in [0, 0.05) is 6.10 Å². The van der Waals surface area contributed by atoms with Crippen LogP contribution in [0.15, 0.2) is 0 Å². The van der Waals surface area contributed by atoms with E-state index < -0.39 is 8.32 Å². The summed E-state index contributed by atoms with van der Waals surface area (Å²) in [6.45, 7) is 21.9. The van der Waals surface area contributed by atoms with Crippen molar-refractivity contribution in [2.24, 2.45) is 5.92 Å². The van der Waals surface area contributed by atoms with Gasteiger partial charge in [0.25, 0.3) is 14.3 Å². The van der Waals surface area contributed by atoms with Crippen LogP contribution in [0, 0.1) is 5.92 Å². The second-order valence-electron chi connectivity index (χ2n) is 9.97. The Morgan fingerprint density at radius 1 is 0.962 bits per heavy atom. The summed E-state index contributed by atoms with van der Waals surface area (Å²) in [7, 11) is -1.96. The number of carbonyl (C=O) groups is 1. The Morgan fingerprint density at radius 2 is 1.50 bits per heavy atom. The van der Waals surface area contributed by atoms with Gasteiger partial charge in [-0.2, -0.15) is 0 Å². The van der Waals surface area contributed by atoms with Gasteiger partial charge in [0.2, 0.25) is 9.76 Å². The monoisotopic (exact) mass is 400 g/mol. The van der Waals surface area contributed by atoms with E-state index in [-0.39, 0.29) is 28.1 Å². The Hall–Kier alpha value is -0.136. The molecule has 0 fully saturated rings. The summed E-state index contributed by atoms with van der Waals surface area (Å²) < 4.78 is 12.2. The summed E-state index contributed by atoms with van der Waals surface area (Å²) in [5, 5.41) is 0.0348. The van der Waals surface area contributed by atoms with Crippen molar-refractivity contribution in [1.82, 2.24) is 0 Å². The molecule has 0 N–H and O–H groups in total. The van der Waals surface area contributed by atoms with Gasteiger partial charge in [-0.05, 0) is 36.0 Å². The van der Waals surface area contributed by atoms with E-state index in [9.17, 15) is 4.79 Å². The lowest BCUT2D eigenvalue weighted by molar-refractivity contribution is -0.139. The van der Waals surface area contributed by atoms with E-state index in [1.807, 2.05) is 20.8 Å². The van der Waals surface area contributed by atoms with Gasteiger partial charge < -0.3 is 8.85 Å². The van der Waals surface area contributed by atoms with Crippen LogP contribution in [0.2, 0.25) is 22.2 Å². The van der Waals surface area contributed by atoms with Gasteiger partial charge >= 0.3 is 0 Å². The summed E-state index contributed by atoms with van der Waals surface area (Å²) >= 11 is 0. The molecular formula is C21H44O3Si2. The average molecular weight is 401 g/mol. The normalized spacial score (nSPS) is 14.6. The maximum atomic E-state index is 13.0. The smallest absolute Gasteiger partial charge is 0.295 e. The van der Waals surface area contributed by atoms with Gasteiger partial charge in [0.1, 0.15) is 0 Å². The van der Waals surface area contributed by atoms with E-state index in [0.717, 1.165) is 18.5 Å². The fraction of sp³-hybridized carbons (Fsp3) is 0.952. The lowest BCUT2D eigenvalue weighted by Crippen LogP contribution is -2.56. The third kappa shape index (κ3) is 7.85. The van der Waals surface area contributed by atoms with Crippen molar-refractivity contribution in [1.29, 1.82) is 0 Å². The summed E-state index contributed by atoms with van der Waals surface area (Å²) in [5.41, 5.74) is 0. The minimum absolute atomic E-state index is 0.0168. The zero-order valence-corrected chi connectivity index (χ0v) is 21.1. The maximum Gasteiger partial charge on any atom is 0.295 e. The molecule has 0 aliphatic heterocycles. The van der Waals surface area contributed by atoms with Crippen LogP contribution in [0.4, 0.5) is 0 Å². The highest BCUT2D eigenvalue weighted by atomic mass is 28.4. The summed E-state index contributed by atoms with van der Waals surface area (Å²) in [6, 6.07) is 1.81. The Kier molecular flexibility index (Phi) is 11.0. The van der Waals surface area contributed by atoms with Gasteiger partial charge in [-0.25, -0.2) is 0 Å². The first-order chi connectivity index (χ1) is 11.8. The molecule has 154 valence electrons. The second-order valence-corrected chi connectivity index (χ2v) is 16.3. The molecule has 0 amide bonds. The fourth-order valence-electron chi connectivity index (χ4n) is 3.73. The fourth-order valence-corrected chi connectivity index (χ4v) is 10.3. The van der Waals surface area contributed by atoms with Crippen molar-refractivity contribution < 1.29 is 13.6 Å². The molecule has 0 aromatic carbocycles. The number of hydrogen-bond acceptors (Lipinski definition) is 3. The topological polar surface area (TPSA) is 35.5 Å². The number of carbonyl (C=O) groups excluding carboxylic acids is 1. The van der Waals surface area contributed by atoms with Crippen LogP contribution in [0.1, 0.15) is 94.9 Å². The van der Waals surface area contributed by atoms with Crippen molar-refractivity contribution in [2.45, 2.75) is 123 Å². The van der Waals surface area contributed by atoms with Crippen LogP contribution in [-0.2, 0) is 13.6 Å². The molecule has 0 saturated heterocycles. The SMILES string of the molecule is CCCCCC[Si](OC(=O)C(C)C[Si]OC(C)C)(C(C)(C)C)C(C)(C)C. The van der Waals surface area contributed by atoms with Crippen molar-refractivity contribution >= 4 is 24.0 Å². The van der Waals surface area contributed by atoms with Crippen molar-refractivity contribution in [3.8, 4) is 0 Å². The van der Waals surface area contributed by atoms with E-state index in [2.05, 4.69) is 48.5 Å². The van der Waals surface area contributed by atoms with Crippen LogP contribution in [0.5, 0.6) is 0 Å². The molecule has 1 atom stereocenters. The standard InChI is InChI=1S/C21H44O3Si2/c1-11-12-13-14-15-26(20(5,6)7,21(8,9)10)24-19(22)18(4)16-25-23-17(2)3/h17-18H,11-16H2,1-10H3. The van der Waals surface area contributed by atoms with Crippen LogP contribution in [0.25, 0.3) is 0 Å². The lowest BCUT2D eigenvalue weighted by Gasteiger charge is -2.50. The Bertz CT molecular complexity index is 394. The van der Waals surface area contributed by atoms with Crippen LogP contribution in [-0.4, -0.2) is 30.2 Å². The molecule has 0 bridgehead atoms. The predicted octanol–water partition coefficient (Wildman–Crippen LogP) is 6.75. The molecule has 0 aliphatic rings.